The lowest BCUT2D eigenvalue weighted by molar-refractivity contribution is -0.274. The fourth-order valence-corrected chi connectivity index (χ4v) is 4.38. The van der Waals surface area contributed by atoms with E-state index in [2.05, 4.69) is 10.1 Å². The van der Waals surface area contributed by atoms with Crippen LogP contribution in [0, 0.1) is 0 Å². The van der Waals surface area contributed by atoms with Crippen molar-refractivity contribution in [2.45, 2.75) is 32.7 Å². The number of ketones is 1. The maximum Gasteiger partial charge on any atom is 0.573 e. The van der Waals surface area contributed by atoms with Gasteiger partial charge in [0, 0.05) is 16.1 Å². The lowest BCUT2D eigenvalue weighted by atomic mass is 10.0. The quantitative estimate of drug-likeness (QED) is 0.350. The molecule has 3 aromatic rings. The molecule has 0 saturated carbocycles. The van der Waals surface area contributed by atoms with Crippen LogP contribution in [0.25, 0.3) is 0 Å². The number of thiophene rings is 1. The van der Waals surface area contributed by atoms with E-state index in [0.717, 1.165) is 17.0 Å². The minimum atomic E-state index is -4.85. The maximum atomic E-state index is 13.1. The van der Waals surface area contributed by atoms with E-state index >= 15 is 0 Å². The summed E-state index contributed by atoms with van der Waals surface area (Å²) in [5.74, 6) is -2.58. The maximum absolute atomic E-state index is 13.1. The van der Waals surface area contributed by atoms with Crippen molar-refractivity contribution in [3.05, 3.63) is 76.7 Å². The van der Waals surface area contributed by atoms with E-state index in [4.69, 9.17) is 0 Å². The molecule has 190 valence electrons. The molecule has 7 nitrogen and oxygen atoms in total. The number of carboxylic acids is 1. The Balaban J connectivity index is 1.82. The van der Waals surface area contributed by atoms with Crippen LogP contribution >= 0.6 is 11.3 Å². The Morgan fingerprint density at radius 2 is 1.72 bits per heavy atom. The smallest absolute Gasteiger partial charge is 0.480 e. The zero-order valence-corrected chi connectivity index (χ0v) is 20.2. The van der Waals surface area contributed by atoms with Crippen LogP contribution in [-0.4, -0.2) is 41.7 Å². The number of ether oxygens (including phenoxy) is 1. The summed E-state index contributed by atoms with van der Waals surface area (Å²) < 4.78 is 41.1. The number of nitrogens with one attached hydrogen (secondary N) is 1. The number of nitrogens with zero attached hydrogens (tertiary/aromatic N) is 1. The molecule has 0 bridgehead atoms. The van der Waals surface area contributed by atoms with E-state index < -0.39 is 35.8 Å². The molecule has 11 heteroatoms. The summed E-state index contributed by atoms with van der Waals surface area (Å²) in [5.41, 5.74) is 0.846. The third-order valence-electron chi connectivity index (χ3n) is 5.21. The topological polar surface area (TPSA) is 95.9 Å². The van der Waals surface area contributed by atoms with Gasteiger partial charge in [-0.3, -0.25) is 9.59 Å². The molecule has 1 amide bonds. The molecule has 2 aromatic carbocycles. The monoisotopic (exact) mass is 520 g/mol. The minimum absolute atomic E-state index is 0.117. The van der Waals surface area contributed by atoms with Crippen molar-refractivity contribution in [2.24, 2.45) is 0 Å². The number of hydrogen-bond acceptors (Lipinski definition) is 6. The number of aryl methyl sites for hydroxylation is 1. The lowest BCUT2D eigenvalue weighted by Gasteiger charge is -2.28. The van der Waals surface area contributed by atoms with Gasteiger partial charge in [-0.15, -0.1) is 24.5 Å². The second kappa shape index (κ2) is 11.3. The molecule has 2 N–H and O–H groups in total. The van der Waals surface area contributed by atoms with Crippen molar-refractivity contribution >= 4 is 39.7 Å². The van der Waals surface area contributed by atoms with Gasteiger partial charge in [0.2, 0.25) is 5.91 Å². The molecule has 1 atom stereocenters. The number of aliphatic carboxylic acids is 1. The summed E-state index contributed by atoms with van der Waals surface area (Å²) in [6.45, 7) is 3.05. The highest BCUT2D eigenvalue weighted by molar-refractivity contribution is 7.16. The Hall–Kier alpha value is -3.86. The summed E-state index contributed by atoms with van der Waals surface area (Å²) >= 11 is 1.20. The third kappa shape index (κ3) is 6.85. The SMILES string of the molecule is CCc1cc(C(=O)c2ccc(OC(F)(F)F)cc2)c(NC(=O)CN(c2ccccc2)[C@@H](C)C(=O)O)s1. The van der Waals surface area contributed by atoms with E-state index in [1.54, 1.807) is 36.4 Å². The van der Waals surface area contributed by atoms with Crippen molar-refractivity contribution < 1.29 is 37.4 Å². The second-order valence-corrected chi connectivity index (χ2v) is 8.87. The van der Waals surface area contributed by atoms with E-state index in [9.17, 15) is 32.7 Å². The number of anilines is 2. The number of hydrogen-bond donors (Lipinski definition) is 2. The second-order valence-electron chi connectivity index (χ2n) is 7.74. The molecule has 0 radical (unpaired) electrons. The first-order valence-electron chi connectivity index (χ1n) is 10.9. The van der Waals surface area contributed by atoms with Crippen LogP contribution < -0.4 is 15.0 Å². The molecule has 1 aromatic heterocycles. The van der Waals surface area contributed by atoms with Gasteiger partial charge in [0.25, 0.3) is 0 Å². The van der Waals surface area contributed by atoms with Gasteiger partial charge >= 0.3 is 12.3 Å². The summed E-state index contributed by atoms with van der Waals surface area (Å²) in [6, 6.07) is 13.7. The number of alkyl halides is 3. The number of halogens is 3. The first kappa shape index (κ1) is 26.7. The third-order valence-corrected chi connectivity index (χ3v) is 6.40. The molecule has 0 aliphatic rings. The fraction of sp³-hybridized carbons (Fsp3) is 0.240. The summed E-state index contributed by atoms with van der Waals surface area (Å²) in [7, 11) is 0. The van der Waals surface area contributed by atoms with E-state index in [-0.39, 0.29) is 22.7 Å². The molecule has 0 aliphatic carbocycles. The van der Waals surface area contributed by atoms with E-state index in [1.165, 1.54) is 35.3 Å². The highest BCUT2D eigenvalue weighted by Gasteiger charge is 2.31. The van der Waals surface area contributed by atoms with Crippen molar-refractivity contribution in [3.8, 4) is 5.75 Å². The number of amides is 1. The first-order chi connectivity index (χ1) is 17.0. The zero-order valence-electron chi connectivity index (χ0n) is 19.3. The average molecular weight is 521 g/mol. The molecule has 36 heavy (non-hydrogen) atoms. The van der Waals surface area contributed by atoms with Gasteiger partial charge in [0.05, 0.1) is 12.1 Å². The number of carbonyl (C=O) groups is 3. The standard InChI is InChI=1S/C25H23F3N2O5S/c1-3-19-13-20(22(32)16-9-11-18(12-10-16)35-25(26,27)28)23(36-19)29-21(31)14-30(15(2)24(33)34)17-7-5-4-6-8-17/h4-13,15H,3,14H2,1-2H3,(H,29,31)(H,33,34)/t15-/m0/s1. The highest BCUT2D eigenvalue weighted by Crippen LogP contribution is 2.32. The Bertz CT molecular complexity index is 1230. The molecule has 0 unspecified atom stereocenters. The van der Waals surface area contributed by atoms with Gasteiger partial charge in [0.1, 0.15) is 16.8 Å². The van der Waals surface area contributed by atoms with Crippen LogP contribution in [0.5, 0.6) is 5.75 Å². The van der Waals surface area contributed by atoms with Crippen LogP contribution in [0.15, 0.2) is 60.7 Å². The molecule has 3 rings (SSSR count). The van der Waals surface area contributed by atoms with Crippen molar-refractivity contribution in [3.63, 3.8) is 0 Å². The number of carbonyl (C=O) groups excluding carboxylic acids is 2. The number of carboxylic acid groups (broad SMARTS) is 1. The molecule has 1 heterocycles. The van der Waals surface area contributed by atoms with Crippen LogP contribution in [0.1, 0.15) is 34.6 Å². The average Bonchev–Trinajstić information content (AvgIpc) is 3.24. The van der Waals surface area contributed by atoms with Gasteiger partial charge in [0.15, 0.2) is 5.78 Å². The number of rotatable bonds is 10. The Labute approximate surface area is 209 Å². The lowest BCUT2D eigenvalue weighted by Crippen LogP contribution is -2.43. The highest BCUT2D eigenvalue weighted by atomic mass is 32.1. The number of benzene rings is 2. The van der Waals surface area contributed by atoms with Gasteiger partial charge in [-0.05, 0) is 55.8 Å². The van der Waals surface area contributed by atoms with E-state index in [1.807, 2.05) is 6.92 Å². The molecule has 0 aliphatic heterocycles. The molecular weight excluding hydrogens is 497 g/mol. The molecule has 0 fully saturated rings. The Kier molecular flexibility index (Phi) is 8.36. The predicted octanol–water partition coefficient (Wildman–Crippen LogP) is 5.36. The predicted molar refractivity (Wildman–Crippen MR) is 130 cm³/mol. The normalized spacial score (nSPS) is 12.0. The summed E-state index contributed by atoms with van der Waals surface area (Å²) in [6.07, 6.45) is -4.26. The Morgan fingerprint density at radius 3 is 2.28 bits per heavy atom. The van der Waals surface area contributed by atoms with Gasteiger partial charge < -0.3 is 20.1 Å². The zero-order chi connectivity index (χ0) is 26.5. The van der Waals surface area contributed by atoms with Gasteiger partial charge in [-0.25, -0.2) is 4.79 Å². The van der Waals surface area contributed by atoms with Gasteiger partial charge in [-0.1, -0.05) is 25.1 Å². The van der Waals surface area contributed by atoms with E-state index in [0.29, 0.717) is 12.1 Å². The minimum Gasteiger partial charge on any atom is -0.480 e. The fourth-order valence-electron chi connectivity index (χ4n) is 3.37. The summed E-state index contributed by atoms with van der Waals surface area (Å²) in [5, 5.41) is 12.5. The molecule has 0 spiro atoms. The molecule has 0 saturated heterocycles. The van der Waals surface area contributed by atoms with Crippen molar-refractivity contribution in [1.82, 2.24) is 0 Å². The van der Waals surface area contributed by atoms with Crippen LogP contribution in [0.2, 0.25) is 0 Å². The summed E-state index contributed by atoms with van der Waals surface area (Å²) in [4.78, 5) is 39.9. The molecular formula is C25H23F3N2O5S. The van der Waals surface area contributed by atoms with Gasteiger partial charge in [-0.2, -0.15) is 0 Å². The van der Waals surface area contributed by atoms with Crippen LogP contribution in [0.3, 0.4) is 0 Å². The Morgan fingerprint density at radius 1 is 1.08 bits per heavy atom. The largest absolute Gasteiger partial charge is 0.573 e. The van der Waals surface area contributed by atoms with Crippen LogP contribution in [-0.2, 0) is 16.0 Å². The van der Waals surface area contributed by atoms with Crippen molar-refractivity contribution in [2.75, 3.05) is 16.8 Å². The van der Waals surface area contributed by atoms with Crippen molar-refractivity contribution in [1.29, 1.82) is 0 Å². The number of para-hydroxylation sites is 1. The first-order valence-corrected chi connectivity index (χ1v) is 11.7. The van der Waals surface area contributed by atoms with Crippen LogP contribution in [0.4, 0.5) is 23.9 Å².